The summed E-state index contributed by atoms with van der Waals surface area (Å²) in [5, 5.41) is 3.73. The van der Waals surface area contributed by atoms with Crippen molar-refractivity contribution in [2.24, 2.45) is 0 Å². The molecule has 0 bridgehead atoms. The number of carbonyl (C=O) groups excluding carboxylic acids is 1. The van der Waals surface area contributed by atoms with Gasteiger partial charge in [-0.1, -0.05) is 18.2 Å². The largest absolute Gasteiger partial charge is 0.486 e. The minimum atomic E-state index is -0.0837. The lowest BCUT2D eigenvalue weighted by molar-refractivity contribution is -0.120. The lowest BCUT2D eigenvalue weighted by atomic mass is 10.1. The molecule has 0 unspecified atom stereocenters. The summed E-state index contributed by atoms with van der Waals surface area (Å²) < 4.78 is 18.1. The van der Waals surface area contributed by atoms with Crippen LogP contribution in [0.3, 0.4) is 0 Å². The van der Waals surface area contributed by atoms with Crippen molar-refractivity contribution < 1.29 is 18.7 Å². The monoisotopic (exact) mass is 406 g/mol. The molecule has 2 aromatic carbocycles. The Balaban J connectivity index is 1.21. The second kappa shape index (κ2) is 7.60. The van der Waals surface area contributed by atoms with E-state index in [1.807, 2.05) is 54.6 Å². The normalized spacial score (nSPS) is 12.8. The van der Waals surface area contributed by atoms with Crippen molar-refractivity contribution in [3.63, 3.8) is 0 Å². The molecule has 1 N–H and O–H groups in total. The summed E-state index contributed by atoms with van der Waals surface area (Å²) in [6.45, 7) is 1.40. The fourth-order valence-electron chi connectivity index (χ4n) is 3.20. The number of benzene rings is 2. The van der Waals surface area contributed by atoms with Crippen LogP contribution in [0.25, 0.3) is 21.0 Å². The van der Waals surface area contributed by atoms with Gasteiger partial charge in [-0.15, -0.1) is 11.3 Å². The quantitative estimate of drug-likeness (QED) is 0.538. The number of carbonyl (C=O) groups is 1. The Hall–Kier alpha value is -3.32. The summed E-state index contributed by atoms with van der Waals surface area (Å²) >= 11 is 1.59. The fourth-order valence-corrected chi connectivity index (χ4v) is 4.12. The molecule has 3 heterocycles. The molecule has 0 radical (unpaired) electrons. The average Bonchev–Trinajstić information content (AvgIpc) is 3.39. The zero-order valence-electron chi connectivity index (χ0n) is 15.5. The summed E-state index contributed by atoms with van der Waals surface area (Å²) in [6, 6.07) is 17.3. The number of hydrogen-bond acceptors (Lipinski definition) is 6. The first-order valence-corrected chi connectivity index (χ1v) is 10.2. The maximum Gasteiger partial charge on any atom is 0.224 e. The van der Waals surface area contributed by atoms with Crippen molar-refractivity contribution >= 4 is 27.5 Å². The summed E-state index contributed by atoms with van der Waals surface area (Å²) in [5.74, 6) is 2.73. The molecule has 0 aliphatic carbocycles. The van der Waals surface area contributed by atoms with Crippen molar-refractivity contribution in [2.75, 3.05) is 13.2 Å². The smallest absolute Gasteiger partial charge is 0.224 e. The molecule has 0 fully saturated rings. The highest BCUT2D eigenvalue weighted by molar-refractivity contribution is 7.21. The minimum Gasteiger partial charge on any atom is -0.486 e. The fraction of sp³-hybridized carbons (Fsp3) is 0.182. The lowest BCUT2D eigenvalue weighted by Gasteiger charge is -2.18. The molecule has 4 aromatic rings. The van der Waals surface area contributed by atoms with E-state index in [4.69, 9.17) is 13.9 Å². The molecule has 5 rings (SSSR count). The third-order valence-electron chi connectivity index (χ3n) is 4.60. The van der Waals surface area contributed by atoms with E-state index in [9.17, 15) is 4.79 Å². The van der Waals surface area contributed by atoms with Crippen LogP contribution in [0, 0.1) is 0 Å². The van der Waals surface area contributed by atoms with Crippen molar-refractivity contribution in [1.29, 1.82) is 0 Å². The Morgan fingerprint density at radius 1 is 1.03 bits per heavy atom. The highest BCUT2D eigenvalue weighted by Crippen LogP contribution is 2.32. The Kier molecular flexibility index (Phi) is 4.65. The molecule has 1 aliphatic heterocycles. The Morgan fingerprint density at radius 3 is 2.79 bits per heavy atom. The highest BCUT2D eigenvalue weighted by Gasteiger charge is 2.14. The molecule has 0 spiro atoms. The van der Waals surface area contributed by atoms with Crippen LogP contribution in [0.15, 0.2) is 59.0 Å². The number of fused-ring (bicyclic) bond motifs is 2. The molecule has 6 nitrogen and oxygen atoms in total. The number of furan rings is 1. The summed E-state index contributed by atoms with van der Waals surface area (Å²) in [7, 11) is 0. The van der Waals surface area contributed by atoms with E-state index in [2.05, 4.69) is 10.3 Å². The molecular weight excluding hydrogens is 388 g/mol. The van der Waals surface area contributed by atoms with Crippen LogP contribution in [-0.4, -0.2) is 24.1 Å². The zero-order chi connectivity index (χ0) is 19.6. The van der Waals surface area contributed by atoms with Gasteiger partial charge in [-0.2, -0.15) is 0 Å². The van der Waals surface area contributed by atoms with Gasteiger partial charge >= 0.3 is 0 Å². The van der Waals surface area contributed by atoms with E-state index in [0.717, 1.165) is 26.5 Å². The van der Waals surface area contributed by atoms with Gasteiger partial charge in [0.1, 0.15) is 19.0 Å². The van der Waals surface area contributed by atoms with Crippen LogP contribution < -0.4 is 14.8 Å². The van der Waals surface area contributed by atoms with Crippen LogP contribution >= 0.6 is 11.3 Å². The van der Waals surface area contributed by atoms with E-state index in [1.165, 1.54) is 0 Å². The molecule has 1 aliphatic rings. The third kappa shape index (κ3) is 3.82. The number of rotatable bonds is 5. The van der Waals surface area contributed by atoms with Crippen LogP contribution in [0.4, 0.5) is 0 Å². The van der Waals surface area contributed by atoms with Crippen molar-refractivity contribution in [2.45, 2.75) is 13.0 Å². The first kappa shape index (κ1) is 17.8. The van der Waals surface area contributed by atoms with Crippen molar-refractivity contribution in [1.82, 2.24) is 10.3 Å². The standard InChI is InChI=1S/C22H18N2O4S/c25-21(12-14-5-7-17-19(11-14)27-10-9-26-17)23-13-15-6-8-18(28-15)22-24-16-3-1-2-4-20(16)29-22/h1-8,11H,9-10,12-13H2,(H,23,25). The van der Waals surface area contributed by atoms with Gasteiger partial charge in [0.25, 0.3) is 0 Å². The summed E-state index contributed by atoms with van der Waals surface area (Å²) in [6.07, 6.45) is 0.266. The molecule has 7 heteroatoms. The van der Waals surface area contributed by atoms with Crippen molar-refractivity contribution in [3.8, 4) is 22.3 Å². The number of thiazole rings is 1. The molecule has 146 valence electrons. The van der Waals surface area contributed by atoms with E-state index < -0.39 is 0 Å². The Morgan fingerprint density at radius 2 is 1.90 bits per heavy atom. The number of para-hydroxylation sites is 1. The maximum absolute atomic E-state index is 12.3. The molecule has 29 heavy (non-hydrogen) atoms. The van der Waals surface area contributed by atoms with Crippen molar-refractivity contribution in [3.05, 3.63) is 65.9 Å². The summed E-state index contributed by atoms with van der Waals surface area (Å²) in [5.41, 5.74) is 1.83. The van der Waals surface area contributed by atoms with E-state index in [0.29, 0.717) is 37.0 Å². The molecule has 0 saturated heterocycles. The van der Waals surface area contributed by atoms with Gasteiger partial charge < -0.3 is 19.2 Å². The second-order valence-corrected chi connectivity index (χ2v) is 7.71. The predicted molar refractivity (Wildman–Crippen MR) is 110 cm³/mol. The van der Waals surface area contributed by atoms with Gasteiger partial charge in [-0.3, -0.25) is 4.79 Å². The Labute approximate surface area is 171 Å². The number of nitrogens with zero attached hydrogens (tertiary/aromatic N) is 1. The molecule has 0 saturated carbocycles. The van der Waals surface area contributed by atoms with Gasteiger partial charge in [-0.25, -0.2) is 4.98 Å². The van der Waals surface area contributed by atoms with Gasteiger partial charge in [0.2, 0.25) is 5.91 Å². The number of hydrogen-bond donors (Lipinski definition) is 1. The van der Waals surface area contributed by atoms with Crippen LogP contribution in [0.5, 0.6) is 11.5 Å². The molecular formula is C22H18N2O4S. The Bertz CT molecular complexity index is 1150. The summed E-state index contributed by atoms with van der Waals surface area (Å²) in [4.78, 5) is 16.9. The van der Waals surface area contributed by atoms with Crippen LogP contribution in [0.2, 0.25) is 0 Å². The maximum atomic E-state index is 12.3. The number of amides is 1. The van der Waals surface area contributed by atoms with Gasteiger partial charge in [0.05, 0.1) is 23.2 Å². The topological polar surface area (TPSA) is 73.6 Å². The molecule has 1 amide bonds. The molecule has 2 aromatic heterocycles. The minimum absolute atomic E-state index is 0.0837. The van der Waals surface area contributed by atoms with Crippen LogP contribution in [-0.2, 0) is 17.8 Å². The van der Waals surface area contributed by atoms with Crippen LogP contribution in [0.1, 0.15) is 11.3 Å². The van der Waals surface area contributed by atoms with E-state index >= 15 is 0 Å². The van der Waals surface area contributed by atoms with Gasteiger partial charge in [-0.05, 0) is 42.0 Å². The number of nitrogens with one attached hydrogen (secondary N) is 1. The average molecular weight is 406 g/mol. The first-order chi connectivity index (χ1) is 14.2. The van der Waals surface area contributed by atoms with Gasteiger partial charge in [0.15, 0.2) is 22.3 Å². The predicted octanol–water partition coefficient (Wildman–Crippen LogP) is 4.19. The molecule has 0 atom stereocenters. The lowest BCUT2D eigenvalue weighted by Crippen LogP contribution is -2.24. The van der Waals surface area contributed by atoms with E-state index in [-0.39, 0.29) is 12.3 Å². The number of ether oxygens (including phenoxy) is 2. The van der Waals surface area contributed by atoms with E-state index in [1.54, 1.807) is 11.3 Å². The van der Waals surface area contributed by atoms with Gasteiger partial charge in [0, 0.05) is 0 Å². The highest BCUT2D eigenvalue weighted by atomic mass is 32.1. The zero-order valence-corrected chi connectivity index (χ0v) is 16.3. The number of aromatic nitrogens is 1. The third-order valence-corrected chi connectivity index (χ3v) is 5.65. The first-order valence-electron chi connectivity index (χ1n) is 9.34. The second-order valence-electron chi connectivity index (χ2n) is 6.68. The SMILES string of the molecule is O=C(Cc1ccc2c(c1)OCCO2)NCc1ccc(-c2nc3ccccc3s2)o1.